The molecule has 5 nitrogen and oxygen atoms in total. The van der Waals surface area contributed by atoms with Crippen molar-refractivity contribution in [1.29, 1.82) is 0 Å². The van der Waals surface area contributed by atoms with Gasteiger partial charge in [0.15, 0.2) is 0 Å². The molecule has 1 aliphatic heterocycles. The number of aromatic amines is 1. The van der Waals surface area contributed by atoms with Crippen LogP contribution < -0.4 is 4.74 Å². The number of benzene rings is 2. The van der Waals surface area contributed by atoms with Crippen molar-refractivity contribution in [2.24, 2.45) is 0 Å². The smallest absolute Gasteiger partial charge is 0.270 e. The molecule has 1 amide bonds. The van der Waals surface area contributed by atoms with Crippen LogP contribution in [-0.4, -0.2) is 60.0 Å². The third kappa shape index (κ3) is 4.69. The van der Waals surface area contributed by atoms with E-state index in [1.807, 2.05) is 54.3 Å². The summed E-state index contributed by atoms with van der Waals surface area (Å²) in [6, 6.07) is 18.1. The molecule has 0 atom stereocenters. The summed E-state index contributed by atoms with van der Waals surface area (Å²) in [6.45, 7) is 6.77. The highest BCUT2D eigenvalue weighted by Crippen LogP contribution is 2.22. The molecule has 1 fully saturated rings. The molecule has 4 rings (SSSR count). The Balaban J connectivity index is 1.33. The molecule has 2 heterocycles. The van der Waals surface area contributed by atoms with Gasteiger partial charge in [-0.15, -0.1) is 0 Å². The number of H-pyrrole nitrogens is 1. The van der Waals surface area contributed by atoms with Gasteiger partial charge in [0.25, 0.3) is 5.91 Å². The maximum absolute atomic E-state index is 12.9. The molecule has 0 radical (unpaired) electrons. The summed E-state index contributed by atoms with van der Waals surface area (Å²) >= 11 is 0. The van der Waals surface area contributed by atoms with Gasteiger partial charge in [-0.05, 0) is 30.7 Å². The van der Waals surface area contributed by atoms with E-state index in [1.165, 1.54) is 5.56 Å². The first-order valence-electron chi connectivity index (χ1n) is 10.2. The number of aromatic nitrogens is 1. The van der Waals surface area contributed by atoms with Gasteiger partial charge in [0, 0.05) is 49.7 Å². The molecule has 0 spiro atoms. The van der Waals surface area contributed by atoms with Crippen molar-refractivity contribution in [2.45, 2.75) is 6.92 Å². The van der Waals surface area contributed by atoms with Gasteiger partial charge in [-0.25, -0.2) is 0 Å². The Hall–Kier alpha value is -3.05. The van der Waals surface area contributed by atoms with Crippen LogP contribution in [0.25, 0.3) is 17.0 Å². The van der Waals surface area contributed by atoms with E-state index < -0.39 is 0 Å². The van der Waals surface area contributed by atoms with E-state index in [1.54, 1.807) is 0 Å². The Morgan fingerprint density at radius 3 is 2.62 bits per heavy atom. The minimum atomic E-state index is 0.0682. The molecule has 1 aliphatic rings. The highest BCUT2D eigenvalue weighted by Gasteiger charge is 2.22. The number of carbonyl (C=O) groups is 1. The molecule has 5 heteroatoms. The van der Waals surface area contributed by atoms with Crippen LogP contribution in [0.15, 0.2) is 60.7 Å². The standard InChI is InChI=1S/C24H27N3O2/c1-2-29-21-11-10-20-17-23(25-22(20)18-21)24(28)27-15-13-26(14-16-27)12-6-9-19-7-4-3-5-8-19/h3-11,17-18,25H,2,12-16H2,1H3/b9-6+. The molecular weight excluding hydrogens is 362 g/mol. The largest absolute Gasteiger partial charge is 0.494 e. The lowest BCUT2D eigenvalue weighted by molar-refractivity contribution is 0.0645. The number of hydrogen-bond donors (Lipinski definition) is 1. The van der Waals surface area contributed by atoms with Crippen molar-refractivity contribution in [3.63, 3.8) is 0 Å². The first kappa shape index (κ1) is 19.3. The van der Waals surface area contributed by atoms with E-state index in [0.29, 0.717) is 12.3 Å². The van der Waals surface area contributed by atoms with Crippen LogP contribution in [0.3, 0.4) is 0 Å². The Morgan fingerprint density at radius 2 is 1.86 bits per heavy atom. The first-order chi connectivity index (χ1) is 14.2. The van der Waals surface area contributed by atoms with E-state index in [2.05, 4.69) is 34.2 Å². The predicted octanol–water partition coefficient (Wildman–Crippen LogP) is 4.04. The molecule has 29 heavy (non-hydrogen) atoms. The Morgan fingerprint density at radius 1 is 1.07 bits per heavy atom. The van der Waals surface area contributed by atoms with Gasteiger partial charge in [-0.3, -0.25) is 9.69 Å². The van der Waals surface area contributed by atoms with Gasteiger partial charge in [0.2, 0.25) is 0 Å². The number of amides is 1. The summed E-state index contributed by atoms with van der Waals surface area (Å²) in [7, 11) is 0. The van der Waals surface area contributed by atoms with Crippen molar-refractivity contribution in [3.05, 3.63) is 71.9 Å². The number of piperazine rings is 1. The second-order valence-electron chi connectivity index (χ2n) is 7.27. The Kier molecular flexibility index (Phi) is 5.96. The topological polar surface area (TPSA) is 48.6 Å². The average molecular weight is 389 g/mol. The van der Waals surface area contributed by atoms with E-state index in [-0.39, 0.29) is 5.91 Å². The van der Waals surface area contributed by atoms with Crippen molar-refractivity contribution in [1.82, 2.24) is 14.8 Å². The zero-order valence-electron chi connectivity index (χ0n) is 16.8. The molecular formula is C24H27N3O2. The van der Waals surface area contributed by atoms with Gasteiger partial charge in [0.05, 0.1) is 6.61 Å². The number of nitrogens with zero attached hydrogens (tertiary/aromatic N) is 2. The minimum absolute atomic E-state index is 0.0682. The second kappa shape index (κ2) is 8.97. The first-order valence-corrected chi connectivity index (χ1v) is 10.2. The fourth-order valence-electron chi connectivity index (χ4n) is 3.68. The van der Waals surface area contributed by atoms with Crippen LogP contribution >= 0.6 is 0 Å². The quantitative estimate of drug-likeness (QED) is 0.692. The SMILES string of the molecule is CCOc1ccc2cc(C(=O)N3CCN(C/C=C/c4ccccc4)CC3)[nH]c2c1. The highest BCUT2D eigenvalue weighted by atomic mass is 16.5. The number of nitrogens with one attached hydrogen (secondary N) is 1. The third-order valence-corrected chi connectivity index (χ3v) is 5.27. The molecule has 0 saturated carbocycles. The molecule has 1 saturated heterocycles. The van der Waals surface area contributed by atoms with Crippen LogP contribution in [-0.2, 0) is 0 Å². The second-order valence-corrected chi connectivity index (χ2v) is 7.27. The summed E-state index contributed by atoms with van der Waals surface area (Å²) in [4.78, 5) is 20.5. The molecule has 0 bridgehead atoms. The molecule has 3 aromatic rings. The van der Waals surface area contributed by atoms with Crippen molar-refractivity contribution in [2.75, 3.05) is 39.3 Å². The Bertz CT molecular complexity index is 986. The summed E-state index contributed by atoms with van der Waals surface area (Å²) in [6.07, 6.45) is 4.35. The summed E-state index contributed by atoms with van der Waals surface area (Å²) in [5.41, 5.74) is 2.79. The van der Waals surface area contributed by atoms with Crippen LogP contribution in [0.2, 0.25) is 0 Å². The molecule has 0 aliphatic carbocycles. The maximum atomic E-state index is 12.9. The van der Waals surface area contributed by atoms with Gasteiger partial charge in [-0.2, -0.15) is 0 Å². The predicted molar refractivity (Wildman–Crippen MR) is 117 cm³/mol. The number of rotatable bonds is 6. The number of hydrogen-bond acceptors (Lipinski definition) is 3. The molecule has 1 N–H and O–H groups in total. The van der Waals surface area contributed by atoms with Gasteiger partial charge in [-0.1, -0.05) is 42.5 Å². The van der Waals surface area contributed by atoms with Crippen molar-refractivity contribution >= 4 is 22.9 Å². The van der Waals surface area contributed by atoms with Crippen molar-refractivity contribution < 1.29 is 9.53 Å². The number of ether oxygens (including phenoxy) is 1. The van der Waals surface area contributed by atoms with E-state index in [0.717, 1.165) is 49.4 Å². The van der Waals surface area contributed by atoms with E-state index in [9.17, 15) is 4.79 Å². The normalized spacial score (nSPS) is 15.3. The van der Waals surface area contributed by atoms with Crippen LogP contribution in [0.5, 0.6) is 5.75 Å². The van der Waals surface area contributed by atoms with Crippen molar-refractivity contribution in [3.8, 4) is 5.75 Å². The van der Waals surface area contributed by atoms with Gasteiger partial charge >= 0.3 is 0 Å². The number of fused-ring (bicyclic) bond motifs is 1. The monoisotopic (exact) mass is 389 g/mol. The average Bonchev–Trinajstić information content (AvgIpc) is 3.18. The third-order valence-electron chi connectivity index (χ3n) is 5.27. The fraction of sp³-hybridized carbons (Fsp3) is 0.292. The highest BCUT2D eigenvalue weighted by molar-refractivity contribution is 5.98. The van der Waals surface area contributed by atoms with Crippen LogP contribution in [0, 0.1) is 0 Å². The number of carbonyl (C=O) groups excluding carboxylic acids is 1. The molecule has 150 valence electrons. The Labute approximate surface area is 171 Å². The van der Waals surface area contributed by atoms with Crippen LogP contribution in [0.4, 0.5) is 0 Å². The van der Waals surface area contributed by atoms with Crippen LogP contribution in [0.1, 0.15) is 23.0 Å². The lowest BCUT2D eigenvalue weighted by Crippen LogP contribution is -2.48. The van der Waals surface area contributed by atoms with Gasteiger partial charge < -0.3 is 14.6 Å². The zero-order chi connectivity index (χ0) is 20.1. The summed E-state index contributed by atoms with van der Waals surface area (Å²) in [5.74, 6) is 0.886. The molecule has 1 aromatic heterocycles. The maximum Gasteiger partial charge on any atom is 0.270 e. The minimum Gasteiger partial charge on any atom is -0.494 e. The fourth-order valence-corrected chi connectivity index (χ4v) is 3.68. The summed E-state index contributed by atoms with van der Waals surface area (Å²) < 4.78 is 5.55. The van der Waals surface area contributed by atoms with E-state index >= 15 is 0 Å². The lowest BCUT2D eigenvalue weighted by Gasteiger charge is -2.33. The molecule has 0 unspecified atom stereocenters. The lowest BCUT2D eigenvalue weighted by atomic mass is 10.2. The van der Waals surface area contributed by atoms with Gasteiger partial charge in [0.1, 0.15) is 11.4 Å². The molecule has 2 aromatic carbocycles. The van der Waals surface area contributed by atoms with E-state index in [4.69, 9.17) is 4.74 Å². The zero-order valence-corrected chi connectivity index (χ0v) is 16.8. The summed E-state index contributed by atoms with van der Waals surface area (Å²) in [5, 5.41) is 1.03.